The number of nitro benzene ring substituents is 1. The Balaban J connectivity index is 2.10. The molecule has 116 valence electrons. The van der Waals surface area contributed by atoms with Gasteiger partial charge in [0.2, 0.25) is 0 Å². The molecular formula is C16H11BrN2O4. The molecule has 2 aromatic carbocycles. The highest BCUT2D eigenvalue weighted by Gasteiger charge is 2.19. The molecule has 0 aliphatic heterocycles. The number of aliphatic hydroxyl groups excluding tert-OH is 1. The molecule has 0 spiro atoms. The van der Waals surface area contributed by atoms with Crippen LogP contribution in [0.1, 0.15) is 5.56 Å². The van der Waals surface area contributed by atoms with Crippen LogP contribution in [0.4, 0.5) is 5.69 Å². The van der Waals surface area contributed by atoms with E-state index < -0.39 is 4.92 Å². The first kappa shape index (κ1) is 15.4. The molecule has 0 amide bonds. The van der Waals surface area contributed by atoms with Gasteiger partial charge in [0.25, 0.3) is 5.69 Å². The third-order valence-corrected chi connectivity index (χ3v) is 3.91. The fourth-order valence-corrected chi connectivity index (χ4v) is 2.54. The molecule has 7 heteroatoms. The molecule has 0 fully saturated rings. The number of non-ortho nitro benzene ring substituents is 1. The summed E-state index contributed by atoms with van der Waals surface area (Å²) in [6.07, 6.45) is 0. The van der Waals surface area contributed by atoms with Gasteiger partial charge in [0.05, 0.1) is 17.1 Å². The molecule has 0 saturated heterocycles. The molecule has 3 rings (SSSR count). The monoisotopic (exact) mass is 374 g/mol. The summed E-state index contributed by atoms with van der Waals surface area (Å²) in [5.41, 5.74) is 2.14. The van der Waals surface area contributed by atoms with Crippen molar-refractivity contribution in [3.8, 4) is 22.6 Å². The highest BCUT2D eigenvalue weighted by atomic mass is 79.9. The molecule has 23 heavy (non-hydrogen) atoms. The van der Waals surface area contributed by atoms with Crippen LogP contribution >= 0.6 is 15.9 Å². The molecule has 0 unspecified atom stereocenters. The average Bonchev–Trinajstić information content (AvgIpc) is 2.99. The van der Waals surface area contributed by atoms with Gasteiger partial charge in [0, 0.05) is 27.7 Å². The van der Waals surface area contributed by atoms with Crippen LogP contribution in [-0.2, 0) is 6.61 Å². The van der Waals surface area contributed by atoms with Crippen LogP contribution < -0.4 is 0 Å². The zero-order chi connectivity index (χ0) is 16.4. The Morgan fingerprint density at radius 3 is 2.57 bits per heavy atom. The maximum atomic E-state index is 10.9. The van der Waals surface area contributed by atoms with Crippen molar-refractivity contribution in [2.24, 2.45) is 0 Å². The fraction of sp³-hybridized carbons (Fsp3) is 0.0625. The summed E-state index contributed by atoms with van der Waals surface area (Å²) < 4.78 is 6.29. The lowest BCUT2D eigenvalue weighted by Gasteiger charge is -2.02. The molecule has 3 aromatic rings. The van der Waals surface area contributed by atoms with Gasteiger partial charge in [-0.2, -0.15) is 0 Å². The first-order valence-electron chi connectivity index (χ1n) is 6.70. The molecule has 1 heterocycles. The van der Waals surface area contributed by atoms with Crippen molar-refractivity contribution in [3.63, 3.8) is 0 Å². The fourth-order valence-electron chi connectivity index (χ4n) is 2.28. The van der Waals surface area contributed by atoms with Gasteiger partial charge < -0.3 is 9.63 Å². The first-order chi connectivity index (χ1) is 11.1. The zero-order valence-electron chi connectivity index (χ0n) is 11.8. The van der Waals surface area contributed by atoms with Gasteiger partial charge in [-0.1, -0.05) is 45.4 Å². The molecule has 0 atom stereocenters. The predicted molar refractivity (Wildman–Crippen MR) is 87.7 cm³/mol. The topological polar surface area (TPSA) is 89.4 Å². The SMILES string of the molecule is O=[N+]([O-])c1cccc(-c2noc(-c3ccc(Br)cc3)c2CO)c1. The van der Waals surface area contributed by atoms with Crippen LogP contribution in [-0.4, -0.2) is 15.2 Å². The number of halogens is 1. The summed E-state index contributed by atoms with van der Waals surface area (Å²) in [4.78, 5) is 10.4. The summed E-state index contributed by atoms with van der Waals surface area (Å²) in [5, 5.41) is 24.6. The van der Waals surface area contributed by atoms with E-state index in [9.17, 15) is 15.2 Å². The minimum Gasteiger partial charge on any atom is -0.391 e. The van der Waals surface area contributed by atoms with Crippen molar-refractivity contribution < 1.29 is 14.6 Å². The van der Waals surface area contributed by atoms with E-state index in [4.69, 9.17) is 4.52 Å². The van der Waals surface area contributed by atoms with Crippen molar-refractivity contribution in [2.75, 3.05) is 0 Å². The van der Waals surface area contributed by atoms with Crippen molar-refractivity contribution in [2.45, 2.75) is 6.61 Å². The van der Waals surface area contributed by atoms with Crippen molar-refractivity contribution >= 4 is 21.6 Å². The molecule has 6 nitrogen and oxygen atoms in total. The van der Waals surface area contributed by atoms with Crippen molar-refractivity contribution in [1.29, 1.82) is 0 Å². The average molecular weight is 375 g/mol. The molecule has 0 aliphatic rings. The molecule has 1 aromatic heterocycles. The van der Waals surface area contributed by atoms with Gasteiger partial charge in [-0.25, -0.2) is 0 Å². The number of nitrogens with zero attached hydrogens (tertiary/aromatic N) is 2. The molecule has 1 N–H and O–H groups in total. The molecule has 0 saturated carbocycles. The van der Waals surface area contributed by atoms with E-state index in [1.54, 1.807) is 12.1 Å². The van der Waals surface area contributed by atoms with E-state index in [2.05, 4.69) is 21.1 Å². The van der Waals surface area contributed by atoms with Crippen molar-refractivity contribution in [1.82, 2.24) is 5.16 Å². The van der Waals surface area contributed by atoms with Gasteiger partial charge in [-0.15, -0.1) is 0 Å². The second kappa shape index (κ2) is 6.31. The number of hydrogen-bond acceptors (Lipinski definition) is 5. The quantitative estimate of drug-likeness (QED) is 0.546. The summed E-state index contributed by atoms with van der Waals surface area (Å²) in [6.45, 7) is -0.285. The maximum Gasteiger partial charge on any atom is 0.270 e. The largest absolute Gasteiger partial charge is 0.391 e. The van der Waals surface area contributed by atoms with Crippen LogP contribution in [0.25, 0.3) is 22.6 Å². The van der Waals surface area contributed by atoms with E-state index in [0.717, 1.165) is 10.0 Å². The van der Waals surface area contributed by atoms with Gasteiger partial charge in [-0.3, -0.25) is 10.1 Å². The van der Waals surface area contributed by atoms with E-state index in [1.165, 1.54) is 12.1 Å². The Kier molecular flexibility index (Phi) is 4.22. The second-order valence-electron chi connectivity index (χ2n) is 4.81. The Labute approximate surface area is 139 Å². The highest BCUT2D eigenvalue weighted by Crippen LogP contribution is 2.33. The van der Waals surface area contributed by atoms with Gasteiger partial charge in [-0.05, 0) is 12.1 Å². The smallest absolute Gasteiger partial charge is 0.270 e. The summed E-state index contributed by atoms with van der Waals surface area (Å²) in [7, 11) is 0. The van der Waals surface area contributed by atoms with E-state index >= 15 is 0 Å². The minimum absolute atomic E-state index is 0.0421. The minimum atomic E-state index is -0.474. The standard InChI is InChI=1S/C16H11BrN2O4/c17-12-6-4-10(5-7-12)16-14(9-20)15(18-23-16)11-2-1-3-13(8-11)19(21)22/h1-8,20H,9H2. The lowest BCUT2D eigenvalue weighted by Crippen LogP contribution is -1.91. The van der Waals surface area contributed by atoms with Crippen LogP contribution in [0.15, 0.2) is 57.5 Å². The summed E-state index contributed by atoms with van der Waals surface area (Å²) in [5.74, 6) is 0.446. The lowest BCUT2D eigenvalue weighted by molar-refractivity contribution is -0.384. The van der Waals surface area contributed by atoms with Crippen LogP contribution in [0.3, 0.4) is 0 Å². The molecule has 0 aliphatic carbocycles. The Bertz CT molecular complexity index is 859. The number of aliphatic hydroxyl groups is 1. The highest BCUT2D eigenvalue weighted by molar-refractivity contribution is 9.10. The summed E-state index contributed by atoms with van der Waals surface area (Å²) >= 11 is 3.36. The van der Waals surface area contributed by atoms with E-state index in [-0.39, 0.29) is 12.3 Å². The predicted octanol–water partition coefficient (Wildman–Crippen LogP) is 4.17. The van der Waals surface area contributed by atoms with Gasteiger partial charge >= 0.3 is 0 Å². The van der Waals surface area contributed by atoms with E-state index in [1.807, 2.05) is 24.3 Å². The number of nitro groups is 1. The normalized spacial score (nSPS) is 10.7. The third-order valence-electron chi connectivity index (χ3n) is 3.38. The van der Waals surface area contributed by atoms with Crippen molar-refractivity contribution in [3.05, 3.63) is 68.7 Å². The molecular weight excluding hydrogens is 364 g/mol. The Hall–Kier alpha value is -2.51. The molecule has 0 bridgehead atoms. The third kappa shape index (κ3) is 3.01. The zero-order valence-corrected chi connectivity index (χ0v) is 13.4. The van der Waals surface area contributed by atoms with Gasteiger partial charge in [0.15, 0.2) is 5.76 Å². The number of aromatic nitrogens is 1. The summed E-state index contributed by atoms with van der Waals surface area (Å²) in [6, 6.07) is 13.4. The Morgan fingerprint density at radius 2 is 1.91 bits per heavy atom. The van der Waals surface area contributed by atoms with Crippen LogP contribution in [0.2, 0.25) is 0 Å². The molecule has 0 radical (unpaired) electrons. The van der Waals surface area contributed by atoms with Crippen LogP contribution in [0, 0.1) is 10.1 Å². The maximum absolute atomic E-state index is 10.9. The Morgan fingerprint density at radius 1 is 1.17 bits per heavy atom. The lowest BCUT2D eigenvalue weighted by atomic mass is 10.0. The number of hydrogen-bond donors (Lipinski definition) is 1. The number of benzene rings is 2. The van der Waals surface area contributed by atoms with Crippen LogP contribution in [0.5, 0.6) is 0 Å². The van der Waals surface area contributed by atoms with E-state index in [0.29, 0.717) is 22.6 Å². The second-order valence-corrected chi connectivity index (χ2v) is 5.73. The number of rotatable bonds is 4. The first-order valence-corrected chi connectivity index (χ1v) is 7.49. The van der Waals surface area contributed by atoms with Gasteiger partial charge in [0.1, 0.15) is 5.69 Å².